The van der Waals surface area contributed by atoms with Crippen LogP contribution in [0.2, 0.25) is 0 Å². The SMILES string of the molecule is O=C(N[C@@H]1CC[C@@H](c2cccc(F)c2F)Cn2c(CC(F)(F)F)cnc21)N1CCC(c2cc(C3CC3)n[nH]c2=O)CC1. The predicted molar refractivity (Wildman–Crippen MR) is 142 cm³/mol. The molecule has 1 aromatic carbocycles. The topological polar surface area (TPSA) is 95.9 Å². The van der Waals surface area contributed by atoms with Crippen LogP contribution in [0.3, 0.4) is 0 Å². The van der Waals surface area contributed by atoms with Crippen LogP contribution in [0.1, 0.15) is 90.7 Å². The summed E-state index contributed by atoms with van der Waals surface area (Å²) in [7, 11) is 0. The van der Waals surface area contributed by atoms with Crippen LogP contribution in [0.4, 0.5) is 26.7 Å². The molecule has 8 nitrogen and oxygen atoms in total. The number of carbonyl (C=O) groups excluding carboxylic acids is 1. The number of carbonyl (C=O) groups is 1. The number of alkyl halides is 3. The summed E-state index contributed by atoms with van der Waals surface area (Å²) in [5.74, 6) is -2.02. The van der Waals surface area contributed by atoms with Crippen molar-refractivity contribution in [3.8, 4) is 0 Å². The molecule has 2 fully saturated rings. The van der Waals surface area contributed by atoms with Crippen molar-refractivity contribution in [2.24, 2.45) is 0 Å². The summed E-state index contributed by atoms with van der Waals surface area (Å²) < 4.78 is 70.2. The molecule has 1 saturated heterocycles. The molecule has 224 valence electrons. The van der Waals surface area contributed by atoms with E-state index >= 15 is 0 Å². The minimum atomic E-state index is -4.50. The van der Waals surface area contributed by atoms with E-state index in [1.165, 1.54) is 16.7 Å². The molecule has 2 N–H and O–H groups in total. The van der Waals surface area contributed by atoms with E-state index < -0.39 is 36.2 Å². The van der Waals surface area contributed by atoms with Gasteiger partial charge in [0.1, 0.15) is 5.82 Å². The third kappa shape index (κ3) is 5.91. The first-order chi connectivity index (χ1) is 20.1. The fourth-order valence-electron chi connectivity index (χ4n) is 6.26. The van der Waals surface area contributed by atoms with Crippen molar-refractivity contribution in [2.45, 2.75) is 81.5 Å². The summed E-state index contributed by atoms with van der Waals surface area (Å²) in [5.41, 5.74) is 1.35. The molecular weight excluding hydrogens is 559 g/mol. The fourth-order valence-corrected chi connectivity index (χ4v) is 6.26. The molecule has 2 aromatic heterocycles. The first-order valence-electron chi connectivity index (χ1n) is 14.3. The van der Waals surface area contributed by atoms with Gasteiger partial charge in [-0.2, -0.15) is 18.3 Å². The lowest BCUT2D eigenvalue weighted by molar-refractivity contribution is -0.128. The molecule has 4 heterocycles. The van der Waals surface area contributed by atoms with Crippen LogP contribution in [-0.2, 0) is 13.0 Å². The number of rotatable bonds is 5. The standard InChI is InChI=1S/C29H31F5N6O2/c30-22-3-1-2-20(25(22)31)18-6-7-23(26-35-14-19(40(26)15-18)13-29(32,33)34)36-28(42)39-10-8-16(9-11-39)21-12-24(17-4-5-17)37-38-27(21)41/h1-3,12,14,16-18,23H,4-11,13,15H2,(H,36,42)(H,38,41)/t18-,23-/m1/s1. The van der Waals surface area contributed by atoms with Crippen LogP contribution < -0.4 is 10.9 Å². The number of hydrogen-bond acceptors (Lipinski definition) is 4. The Morgan fingerprint density at radius 3 is 2.45 bits per heavy atom. The summed E-state index contributed by atoms with van der Waals surface area (Å²) >= 11 is 0. The number of H-pyrrole nitrogens is 1. The van der Waals surface area contributed by atoms with E-state index in [1.54, 1.807) is 4.90 Å². The number of urea groups is 1. The molecule has 0 bridgehead atoms. The second kappa shape index (κ2) is 11.1. The number of fused-ring (bicyclic) bond motifs is 1. The summed E-state index contributed by atoms with van der Waals surface area (Å²) in [6.07, 6.45) is -0.720. The molecule has 3 aliphatic rings. The fraction of sp³-hybridized carbons (Fsp3) is 0.517. The highest BCUT2D eigenvalue weighted by Crippen LogP contribution is 2.40. The normalized spacial score (nSPS) is 21.6. The van der Waals surface area contributed by atoms with E-state index in [9.17, 15) is 31.5 Å². The molecule has 6 rings (SSSR count). The number of nitrogens with one attached hydrogen (secondary N) is 2. The third-order valence-corrected chi connectivity index (χ3v) is 8.66. The first kappa shape index (κ1) is 28.4. The minimum Gasteiger partial charge on any atom is -0.329 e. The lowest BCUT2D eigenvalue weighted by Crippen LogP contribution is -2.46. The maximum absolute atomic E-state index is 14.7. The van der Waals surface area contributed by atoms with Crippen molar-refractivity contribution in [2.75, 3.05) is 13.1 Å². The van der Waals surface area contributed by atoms with Gasteiger partial charge in [-0.25, -0.2) is 23.7 Å². The van der Waals surface area contributed by atoms with E-state index in [1.807, 2.05) is 6.07 Å². The highest BCUT2D eigenvalue weighted by molar-refractivity contribution is 5.74. The van der Waals surface area contributed by atoms with Gasteiger partial charge in [0.25, 0.3) is 5.56 Å². The van der Waals surface area contributed by atoms with Gasteiger partial charge >= 0.3 is 12.2 Å². The van der Waals surface area contributed by atoms with Gasteiger partial charge in [-0.15, -0.1) is 0 Å². The molecule has 42 heavy (non-hydrogen) atoms. The van der Waals surface area contributed by atoms with Gasteiger partial charge < -0.3 is 14.8 Å². The number of amides is 2. The number of imidazole rings is 1. The Morgan fingerprint density at radius 2 is 1.74 bits per heavy atom. The van der Waals surface area contributed by atoms with Gasteiger partial charge in [-0.3, -0.25) is 4.79 Å². The van der Waals surface area contributed by atoms with E-state index in [0.717, 1.165) is 30.8 Å². The average Bonchev–Trinajstić information content (AvgIpc) is 3.76. The Kier molecular flexibility index (Phi) is 7.52. The van der Waals surface area contributed by atoms with Crippen LogP contribution in [0.15, 0.2) is 35.3 Å². The highest BCUT2D eigenvalue weighted by Gasteiger charge is 2.36. The smallest absolute Gasteiger partial charge is 0.329 e. The van der Waals surface area contributed by atoms with E-state index in [-0.39, 0.29) is 47.6 Å². The predicted octanol–water partition coefficient (Wildman–Crippen LogP) is 5.43. The second-order valence-corrected chi connectivity index (χ2v) is 11.5. The van der Waals surface area contributed by atoms with Crippen LogP contribution >= 0.6 is 0 Å². The molecule has 2 aliphatic heterocycles. The Bertz CT molecular complexity index is 1520. The summed E-state index contributed by atoms with van der Waals surface area (Å²) in [5, 5.41) is 9.70. The van der Waals surface area contributed by atoms with Gasteiger partial charge in [0.15, 0.2) is 11.6 Å². The number of aromatic amines is 1. The first-order valence-corrected chi connectivity index (χ1v) is 14.3. The Morgan fingerprint density at radius 1 is 1.00 bits per heavy atom. The molecule has 2 atom stereocenters. The minimum absolute atomic E-state index is 0.0121. The van der Waals surface area contributed by atoms with Crippen LogP contribution in [0.25, 0.3) is 0 Å². The Labute approximate surface area is 238 Å². The van der Waals surface area contributed by atoms with E-state index in [4.69, 9.17) is 0 Å². The largest absolute Gasteiger partial charge is 0.394 e. The molecule has 1 saturated carbocycles. The molecule has 2 amide bonds. The van der Waals surface area contributed by atoms with Crippen molar-refractivity contribution in [1.82, 2.24) is 30.0 Å². The third-order valence-electron chi connectivity index (χ3n) is 8.66. The van der Waals surface area contributed by atoms with Crippen LogP contribution in [0.5, 0.6) is 0 Å². The van der Waals surface area contributed by atoms with Crippen LogP contribution in [0, 0.1) is 11.6 Å². The lowest BCUT2D eigenvalue weighted by atomic mass is 9.90. The number of nitrogens with zero attached hydrogens (tertiary/aromatic N) is 4. The Hall–Kier alpha value is -3.77. The highest BCUT2D eigenvalue weighted by atomic mass is 19.4. The number of halogens is 5. The van der Waals surface area contributed by atoms with Crippen molar-refractivity contribution in [3.05, 3.63) is 80.8 Å². The maximum Gasteiger partial charge on any atom is 0.394 e. The van der Waals surface area contributed by atoms with Gasteiger partial charge in [-0.05, 0) is 62.1 Å². The zero-order valence-electron chi connectivity index (χ0n) is 22.8. The number of hydrogen-bond donors (Lipinski definition) is 2. The van der Waals surface area contributed by atoms with Crippen molar-refractivity contribution < 1.29 is 26.7 Å². The molecule has 13 heteroatoms. The zero-order valence-corrected chi connectivity index (χ0v) is 22.8. The number of benzene rings is 1. The van der Waals surface area contributed by atoms with E-state index in [2.05, 4.69) is 20.5 Å². The molecular formula is C29H31F5N6O2. The molecule has 1 aliphatic carbocycles. The molecule has 3 aromatic rings. The van der Waals surface area contributed by atoms with E-state index in [0.29, 0.717) is 43.8 Å². The number of likely N-dealkylation sites (tertiary alicyclic amines) is 1. The van der Waals surface area contributed by atoms with Crippen molar-refractivity contribution in [1.29, 1.82) is 0 Å². The molecule has 0 radical (unpaired) electrons. The van der Waals surface area contributed by atoms with Crippen LogP contribution in [-0.4, -0.2) is 49.9 Å². The van der Waals surface area contributed by atoms with Gasteiger partial charge in [0.05, 0.1) is 18.2 Å². The summed E-state index contributed by atoms with van der Waals surface area (Å²) in [6.45, 7) is 0.769. The summed E-state index contributed by atoms with van der Waals surface area (Å²) in [6, 6.07) is 4.59. The number of aromatic nitrogens is 4. The average molecular weight is 591 g/mol. The quantitative estimate of drug-likeness (QED) is 0.387. The Balaban J connectivity index is 1.18. The monoisotopic (exact) mass is 590 g/mol. The van der Waals surface area contributed by atoms with Gasteiger partial charge in [-0.1, -0.05) is 12.1 Å². The van der Waals surface area contributed by atoms with Crippen molar-refractivity contribution >= 4 is 6.03 Å². The van der Waals surface area contributed by atoms with Crippen molar-refractivity contribution in [3.63, 3.8) is 0 Å². The number of piperidine rings is 1. The second-order valence-electron chi connectivity index (χ2n) is 11.5. The lowest BCUT2D eigenvalue weighted by Gasteiger charge is -2.33. The molecule has 0 unspecified atom stereocenters. The van der Waals surface area contributed by atoms with Gasteiger partial charge in [0, 0.05) is 48.9 Å². The molecule has 0 spiro atoms. The zero-order chi connectivity index (χ0) is 29.6. The summed E-state index contributed by atoms with van der Waals surface area (Å²) in [4.78, 5) is 31.7. The maximum atomic E-state index is 14.7. The van der Waals surface area contributed by atoms with Gasteiger partial charge in [0.2, 0.25) is 0 Å².